The van der Waals surface area contributed by atoms with Gasteiger partial charge in [-0.25, -0.2) is 0 Å². The van der Waals surface area contributed by atoms with Crippen LogP contribution in [0.2, 0.25) is 0 Å². The smallest absolute Gasteiger partial charge is 0.266 e. The van der Waals surface area contributed by atoms with Gasteiger partial charge in [0.25, 0.3) is 5.91 Å². The van der Waals surface area contributed by atoms with Gasteiger partial charge in [0.1, 0.15) is 11.6 Å². The van der Waals surface area contributed by atoms with Crippen molar-refractivity contribution >= 4 is 17.7 Å². The van der Waals surface area contributed by atoms with E-state index in [9.17, 15) is 10.1 Å². The third-order valence-electron chi connectivity index (χ3n) is 4.10. The van der Waals surface area contributed by atoms with Gasteiger partial charge in [0.15, 0.2) is 0 Å². The van der Waals surface area contributed by atoms with Crippen LogP contribution in [0.4, 0.5) is 5.69 Å². The third kappa shape index (κ3) is 3.70. The number of nitriles is 1. The number of nitrogens with zero attached hydrogens (tertiary/aromatic N) is 2. The van der Waals surface area contributed by atoms with Crippen molar-refractivity contribution in [2.75, 3.05) is 5.32 Å². The highest BCUT2D eigenvalue weighted by Gasteiger charge is 2.12. The zero-order chi connectivity index (χ0) is 17.0. The molecule has 0 aliphatic carbocycles. The van der Waals surface area contributed by atoms with E-state index in [1.165, 1.54) is 5.56 Å². The first-order valence-corrected chi connectivity index (χ1v) is 7.61. The quantitative estimate of drug-likeness (QED) is 0.691. The predicted octanol–water partition coefficient (Wildman–Crippen LogP) is 3.75. The van der Waals surface area contributed by atoms with Crippen molar-refractivity contribution in [2.45, 2.75) is 27.2 Å². The Labute approximate surface area is 137 Å². The van der Waals surface area contributed by atoms with Crippen LogP contribution >= 0.6 is 0 Å². The lowest BCUT2D eigenvalue weighted by molar-refractivity contribution is -0.112. The molecule has 0 aliphatic heterocycles. The van der Waals surface area contributed by atoms with Crippen LogP contribution in [-0.2, 0) is 18.3 Å². The van der Waals surface area contributed by atoms with Crippen LogP contribution < -0.4 is 5.32 Å². The number of hydrogen-bond donors (Lipinski definition) is 1. The first-order chi connectivity index (χ1) is 11.0. The normalized spacial score (nSPS) is 11.2. The molecule has 1 heterocycles. The number of nitrogens with one attached hydrogen (secondary N) is 1. The molecule has 0 radical (unpaired) electrons. The SMILES string of the molecule is CCc1ccc(NC(=O)/C(C#N)=C\c2cc(C)n(C)c2C)cc1. The number of anilines is 1. The molecule has 0 unspecified atom stereocenters. The van der Waals surface area contributed by atoms with Gasteiger partial charge in [0, 0.05) is 24.1 Å². The van der Waals surface area contributed by atoms with Crippen LogP contribution in [0.1, 0.15) is 29.4 Å². The molecule has 0 fully saturated rings. The van der Waals surface area contributed by atoms with Gasteiger partial charge < -0.3 is 9.88 Å². The van der Waals surface area contributed by atoms with Gasteiger partial charge in [-0.1, -0.05) is 19.1 Å². The Bertz CT molecular complexity index is 789. The molecular formula is C19H21N3O. The molecule has 1 aromatic carbocycles. The number of benzene rings is 1. The number of aryl methyl sites for hydroxylation is 2. The fourth-order valence-electron chi connectivity index (χ4n) is 2.36. The summed E-state index contributed by atoms with van der Waals surface area (Å²) >= 11 is 0. The van der Waals surface area contributed by atoms with Gasteiger partial charge in [-0.2, -0.15) is 5.26 Å². The topological polar surface area (TPSA) is 57.8 Å². The highest BCUT2D eigenvalue weighted by atomic mass is 16.1. The second-order valence-electron chi connectivity index (χ2n) is 5.56. The fourth-order valence-corrected chi connectivity index (χ4v) is 2.36. The zero-order valence-electron chi connectivity index (χ0n) is 14.0. The molecule has 0 bridgehead atoms. The second-order valence-corrected chi connectivity index (χ2v) is 5.56. The Morgan fingerprint density at radius 2 is 1.96 bits per heavy atom. The number of hydrogen-bond acceptors (Lipinski definition) is 2. The van der Waals surface area contributed by atoms with E-state index in [2.05, 4.69) is 12.2 Å². The molecule has 2 aromatic rings. The molecule has 0 saturated carbocycles. The molecule has 118 valence electrons. The predicted molar refractivity (Wildman–Crippen MR) is 92.9 cm³/mol. The number of carbonyl (C=O) groups is 1. The minimum absolute atomic E-state index is 0.0956. The van der Waals surface area contributed by atoms with E-state index in [0.717, 1.165) is 23.4 Å². The molecule has 0 saturated heterocycles. The molecule has 1 aromatic heterocycles. The van der Waals surface area contributed by atoms with Crippen LogP contribution in [0.3, 0.4) is 0 Å². The van der Waals surface area contributed by atoms with Crippen LogP contribution in [0.15, 0.2) is 35.9 Å². The lowest BCUT2D eigenvalue weighted by atomic mass is 10.1. The van der Waals surface area contributed by atoms with Gasteiger partial charge in [0.2, 0.25) is 0 Å². The van der Waals surface area contributed by atoms with Gasteiger partial charge in [-0.3, -0.25) is 4.79 Å². The Hall–Kier alpha value is -2.80. The van der Waals surface area contributed by atoms with E-state index >= 15 is 0 Å². The summed E-state index contributed by atoms with van der Waals surface area (Å²) in [6, 6.07) is 11.6. The minimum atomic E-state index is -0.391. The van der Waals surface area contributed by atoms with Crippen LogP contribution in [0, 0.1) is 25.2 Å². The average molecular weight is 307 g/mol. The largest absolute Gasteiger partial charge is 0.352 e. The molecule has 0 atom stereocenters. The lowest BCUT2D eigenvalue weighted by Crippen LogP contribution is -2.13. The zero-order valence-corrected chi connectivity index (χ0v) is 14.0. The molecule has 2 rings (SSSR count). The van der Waals surface area contributed by atoms with E-state index in [1.54, 1.807) is 6.08 Å². The van der Waals surface area contributed by atoms with Crippen molar-refractivity contribution < 1.29 is 4.79 Å². The van der Waals surface area contributed by atoms with Gasteiger partial charge in [-0.15, -0.1) is 0 Å². The van der Waals surface area contributed by atoms with E-state index in [-0.39, 0.29) is 5.57 Å². The molecule has 1 amide bonds. The number of amides is 1. The summed E-state index contributed by atoms with van der Waals surface area (Å²) in [7, 11) is 1.96. The highest BCUT2D eigenvalue weighted by Crippen LogP contribution is 2.18. The number of rotatable bonds is 4. The van der Waals surface area contributed by atoms with Crippen LogP contribution in [0.5, 0.6) is 0 Å². The van der Waals surface area contributed by atoms with Crippen molar-refractivity contribution in [3.63, 3.8) is 0 Å². The molecule has 23 heavy (non-hydrogen) atoms. The number of aromatic nitrogens is 1. The van der Waals surface area contributed by atoms with Crippen molar-refractivity contribution in [3.8, 4) is 6.07 Å². The fraction of sp³-hybridized carbons (Fsp3) is 0.263. The summed E-state index contributed by atoms with van der Waals surface area (Å²) in [6.45, 7) is 6.04. The van der Waals surface area contributed by atoms with Crippen molar-refractivity contribution in [1.29, 1.82) is 5.26 Å². The van der Waals surface area contributed by atoms with E-state index in [0.29, 0.717) is 5.69 Å². The maximum Gasteiger partial charge on any atom is 0.266 e. The monoisotopic (exact) mass is 307 g/mol. The summed E-state index contributed by atoms with van der Waals surface area (Å²) < 4.78 is 2.03. The van der Waals surface area contributed by atoms with E-state index in [4.69, 9.17) is 0 Å². The van der Waals surface area contributed by atoms with Crippen LogP contribution in [-0.4, -0.2) is 10.5 Å². The molecule has 1 N–H and O–H groups in total. The average Bonchev–Trinajstić information content (AvgIpc) is 2.80. The summed E-state index contributed by atoms with van der Waals surface area (Å²) in [5.74, 6) is -0.391. The summed E-state index contributed by atoms with van der Waals surface area (Å²) in [5, 5.41) is 12.1. The maximum absolute atomic E-state index is 12.3. The second kappa shape index (κ2) is 6.97. The van der Waals surface area contributed by atoms with Gasteiger partial charge in [-0.05, 0) is 55.7 Å². The summed E-state index contributed by atoms with van der Waals surface area (Å²) in [5.41, 5.74) is 4.98. The van der Waals surface area contributed by atoms with E-state index < -0.39 is 5.91 Å². The Balaban J connectivity index is 2.22. The molecule has 0 spiro atoms. The van der Waals surface area contributed by atoms with Gasteiger partial charge >= 0.3 is 0 Å². The van der Waals surface area contributed by atoms with E-state index in [1.807, 2.05) is 61.9 Å². The highest BCUT2D eigenvalue weighted by molar-refractivity contribution is 6.09. The number of carbonyl (C=O) groups excluding carboxylic acids is 1. The van der Waals surface area contributed by atoms with Crippen molar-refractivity contribution in [3.05, 3.63) is 58.4 Å². The van der Waals surface area contributed by atoms with Crippen LogP contribution in [0.25, 0.3) is 6.08 Å². The molecule has 4 nitrogen and oxygen atoms in total. The summed E-state index contributed by atoms with van der Waals surface area (Å²) in [4.78, 5) is 12.3. The Morgan fingerprint density at radius 1 is 1.30 bits per heavy atom. The Morgan fingerprint density at radius 3 is 2.43 bits per heavy atom. The molecule has 4 heteroatoms. The van der Waals surface area contributed by atoms with Crippen molar-refractivity contribution in [1.82, 2.24) is 4.57 Å². The van der Waals surface area contributed by atoms with Gasteiger partial charge in [0.05, 0.1) is 0 Å². The molecule has 0 aliphatic rings. The Kier molecular flexibility index (Phi) is 5.02. The summed E-state index contributed by atoms with van der Waals surface area (Å²) in [6.07, 6.45) is 2.59. The first-order valence-electron chi connectivity index (χ1n) is 7.61. The standard InChI is InChI=1S/C19H21N3O/c1-5-15-6-8-18(9-7-15)21-19(23)17(12-20)11-16-10-13(2)22(4)14(16)3/h6-11H,5H2,1-4H3,(H,21,23)/b17-11-. The molecular weight excluding hydrogens is 286 g/mol. The minimum Gasteiger partial charge on any atom is -0.352 e. The first kappa shape index (κ1) is 16.6. The van der Waals surface area contributed by atoms with Crippen molar-refractivity contribution in [2.24, 2.45) is 7.05 Å². The third-order valence-corrected chi connectivity index (χ3v) is 4.10. The lowest BCUT2D eigenvalue weighted by Gasteiger charge is -2.05. The maximum atomic E-state index is 12.3.